The summed E-state index contributed by atoms with van der Waals surface area (Å²) in [5, 5.41) is 5.04. The van der Waals surface area contributed by atoms with Crippen molar-refractivity contribution in [3.63, 3.8) is 0 Å². The van der Waals surface area contributed by atoms with Gasteiger partial charge in [0.05, 0.1) is 5.75 Å². The number of nitrogens with two attached hydrogens (primary N) is 1. The zero-order chi connectivity index (χ0) is 24.0. The fourth-order valence-corrected chi connectivity index (χ4v) is 5.18. The maximum atomic E-state index is 11.2. The van der Waals surface area contributed by atoms with Crippen LogP contribution in [-0.2, 0) is 24.6 Å². The van der Waals surface area contributed by atoms with Gasteiger partial charge >= 0.3 is 0 Å². The van der Waals surface area contributed by atoms with E-state index in [1.165, 1.54) is 6.26 Å². The van der Waals surface area contributed by atoms with Crippen LogP contribution < -0.4 is 5.14 Å². The molecule has 0 fully saturated rings. The molecule has 0 amide bonds. The molecule has 0 bridgehead atoms. The minimum Gasteiger partial charge on any atom is -0.381 e. The summed E-state index contributed by atoms with van der Waals surface area (Å²) in [5.74, 6) is 0.379. The van der Waals surface area contributed by atoms with Crippen molar-refractivity contribution < 1.29 is 21.6 Å². The molecule has 0 saturated heterocycles. The Morgan fingerprint density at radius 2 is 0.968 bits per heavy atom. The number of sulfonamides is 1. The van der Waals surface area contributed by atoms with E-state index in [1.807, 2.05) is 0 Å². The van der Waals surface area contributed by atoms with Gasteiger partial charge in [-0.2, -0.15) is 0 Å². The van der Waals surface area contributed by atoms with Crippen molar-refractivity contribution >= 4 is 19.9 Å². The van der Waals surface area contributed by atoms with Gasteiger partial charge in [-0.05, 0) is 62.2 Å². The Labute approximate surface area is 193 Å². The second-order valence-electron chi connectivity index (χ2n) is 10.8. The Balaban J connectivity index is 3.65. The monoisotopic (exact) mass is 483 g/mol. The van der Waals surface area contributed by atoms with Crippen molar-refractivity contribution in [1.82, 2.24) is 0 Å². The maximum absolute atomic E-state index is 11.2. The molecule has 0 heterocycles. The molecular formula is C23H49NO5S2. The average Bonchev–Trinajstić information content (AvgIpc) is 2.59. The molecule has 0 aromatic carbocycles. The smallest absolute Gasteiger partial charge is 0.209 e. The van der Waals surface area contributed by atoms with Gasteiger partial charge < -0.3 is 4.74 Å². The Kier molecular flexibility index (Phi) is 14.8. The van der Waals surface area contributed by atoms with Crippen LogP contribution in [0.2, 0.25) is 0 Å². The van der Waals surface area contributed by atoms with Crippen molar-refractivity contribution in [2.45, 2.75) is 105 Å². The molecule has 0 aromatic rings. The van der Waals surface area contributed by atoms with Gasteiger partial charge in [0.1, 0.15) is 9.84 Å². The molecule has 31 heavy (non-hydrogen) atoms. The number of rotatable bonds is 20. The largest absolute Gasteiger partial charge is 0.381 e. The van der Waals surface area contributed by atoms with E-state index in [-0.39, 0.29) is 16.6 Å². The van der Waals surface area contributed by atoms with E-state index in [1.54, 1.807) is 0 Å². The van der Waals surface area contributed by atoms with Crippen LogP contribution in [0.4, 0.5) is 0 Å². The third kappa shape index (κ3) is 22.8. The Hall–Kier alpha value is -0.180. The third-order valence-electron chi connectivity index (χ3n) is 5.94. The van der Waals surface area contributed by atoms with E-state index in [0.29, 0.717) is 12.2 Å². The van der Waals surface area contributed by atoms with Gasteiger partial charge in [-0.1, -0.05) is 53.4 Å². The van der Waals surface area contributed by atoms with E-state index in [0.717, 1.165) is 83.8 Å². The molecule has 2 N–H and O–H groups in total. The Bertz CT molecular complexity index is 612. The van der Waals surface area contributed by atoms with Gasteiger partial charge in [0.25, 0.3) is 0 Å². The van der Waals surface area contributed by atoms with Crippen LogP contribution in [0.15, 0.2) is 0 Å². The summed E-state index contributed by atoms with van der Waals surface area (Å²) in [6.07, 6.45) is 13.3. The highest BCUT2D eigenvalue weighted by molar-refractivity contribution is 7.90. The van der Waals surface area contributed by atoms with E-state index >= 15 is 0 Å². The van der Waals surface area contributed by atoms with Gasteiger partial charge in [0.2, 0.25) is 10.0 Å². The molecule has 0 saturated carbocycles. The lowest BCUT2D eigenvalue weighted by atomic mass is 9.82. The first-order valence-electron chi connectivity index (χ1n) is 11.9. The molecule has 0 atom stereocenters. The number of hydrogen-bond donors (Lipinski definition) is 1. The first kappa shape index (κ1) is 30.8. The van der Waals surface area contributed by atoms with Crippen LogP contribution in [0.1, 0.15) is 105 Å². The van der Waals surface area contributed by atoms with Gasteiger partial charge in [-0.3, -0.25) is 0 Å². The fraction of sp³-hybridized carbons (Fsp3) is 1.00. The van der Waals surface area contributed by atoms with Crippen LogP contribution in [0, 0.1) is 10.8 Å². The molecule has 6 nitrogen and oxygen atoms in total. The molecule has 0 aromatic heterocycles. The number of hydrogen-bond acceptors (Lipinski definition) is 5. The van der Waals surface area contributed by atoms with Gasteiger partial charge in [0, 0.05) is 25.2 Å². The lowest BCUT2D eigenvalue weighted by molar-refractivity contribution is 0.119. The predicted octanol–water partition coefficient (Wildman–Crippen LogP) is 5.07. The summed E-state index contributed by atoms with van der Waals surface area (Å²) < 4.78 is 50.1. The quantitative estimate of drug-likeness (QED) is 0.243. The van der Waals surface area contributed by atoms with Gasteiger partial charge in [0.15, 0.2) is 0 Å². The van der Waals surface area contributed by atoms with Crippen molar-refractivity contribution in [2.75, 3.05) is 31.0 Å². The zero-order valence-corrected chi connectivity index (χ0v) is 22.4. The predicted molar refractivity (Wildman–Crippen MR) is 131 cm³/mol. The topological polar surface area (TPSA) is 104 Å². The van der Waals surface area contributed by atoms with Crippen LogP contribution in [0.3, 0.4) is 0 Å². The standard InChI is InChI=1S/C23H49NO5S2/c1-22(2,16-8-12-20-30(5,25)26)14-6-10-18-29-19-11-7-15-23(3,4)17-9-13-21-31(24,27)28/h6-21H2,1-5H3,(H2,24,27,28). The molecular weight excluding hydrogens is 434 g/mol. The first-order valence-corrected chi connectivity index (χ1v) is 15.7. The van der Waals surface area contributed by atoms with Crippen molar-refractivity contribution in [2.24, 2.45) is 16.0 Å². The summed E-state index contributed by atoms with van der Waals surface area (Å²) in [6, 6.07) is 0. The molecule has 0 aliphatic carbocycles. The summed E-state index contributed by atoms with van der Waals surface area (Å²) in [5.41, 5.74) is 0.489. The Morgan fingerprint density at radius 1 is 0.613 bits per heavy atom. The molecule has 0 rings (SSSR count). The second-order valence-corrected chi connectivity index (χ2v) is 14.8. The van der Waals surface area contributed by atoms with Crippen molar-refractivity contribution in [1.29, 1.82) is 0 Å². The summed E-state index contributed by atoms with van der Waals surface area (Å²) in [4.78, 5) is 0. The zero-order valence-electron chi connectivity index (χ0n) is 20.7. The van der Waals surface area contributed by atoms with E-state index in [2.05, 4.69) is 27.7 Å². The number of primary sulfonamides is 1. The maximum Gasteiger partial charge on any atom is 0.209 e. The SMILES string of the molecule is CC(C)(CCCCOCCCCC(C)(C)CCCCS(N)(=O)=O)CCCCS(C)(=O)=O. The second kappa shape index (κ2) is 14.9. The average molecular weight is 484 g/mol. The normalized spacial score (nSPS) is 13.6. The van der Waals surface area contributed by atoms with Gasteiger partial charge in [-0.25, -0.2) is 22.0 Å². The summed E-state index contributed by atoms with van der Waals surface area (Å²) in [7, 11) is -6.17. The number of unbranched alkanes of at least 4 members (excludes halogenated alkanes) is 4. The highest BCUT2D eigenvalue weighted by atomic mass is 32.2. The van der Waals surface area contributed by atoms with Crippen LogP contribution in [0.5, 0.6) is 0 Å². The molecule has 188 valence electrons. The lowest BCUT2D eigenvalue weighted by Crippen LogP contribution is -2.17. The van der Waals surface area contributed by atoms with Crippen LogP contribution in [-0.4, -0.2) is 47.8 Å². The minimum atomic E-state index is -3.33. The first-order chi connectivity index (χ1) is 14.1. The van der Waals surface area contributed by atoms with Crippen LogP contribution >= 0.6 is 0 Å². The molecule has 0 spiro atoms. The van der Waals surface area contributed by atoms with E-state index < -0.39 is 19.9 Å². The number of sulfone groups is 1. The Morgan fingerprint density at radius 3 is 1.32 bits per heavy atom. The third-order valence-corrected chi connectivity index (χ3v) is 7.82. The van der Waals surface area contributed by atoms with Crippen LogP contribution in [0.25, 0.3) is 0 Å². The van der Waals surface area contributed by atoms with E-state index in [4.69, 9.17) is 9.88 Å². The molecule has 0 radical (unpaired) electrons. The van der Waals surface area contributed by atoms with Crippen molar-refractivity contribution in [3.05, 3.63) is 0 Å². The molecule has 0 aliphatic rings. The fourth-order valence-electron chi connectivity index (χ4n) is 3.84. The molecule has 8 heteroatoms. The van der Waals surface area contributed by atoms with E-state index in [9.17, 15) is 16.8 Å². The summed E-state index contributed by atoms with van der Waals surface area (Å²) in [6.45, 7) is 10.6. The van der Waals surface area contributed by atoms with Crippen molar-refractivity contribution in [3.8, 4) is 0 Å². The van der Waals surface area contributed by atoms with Gasteiger partial charge in [-0.15, -0.1) is 0 Å². The highest BCUT2D eigenvalue weighted by Crippen LogP contribution is 2.30. The molecule has 0 unspecified atom stereocenters. The molecule has 0 aliphatic heterocycles. The number of ether oxygens (including phenoxy) is 1. The lowest BCUT2D eigenvalue weighted by Gasteiger charge is -2.25. The minimum absolute atomic E-state index is 0.0806. The highest BCUT2D eigenvalue weighted by Gasteiger charge is 2.18. The summed E-state index contributed by atoms with van der Waals surface area (Å²) >= 11 is 0.